The van der Waals surface area contributed by atoms with Gasteiger partial charge in [-0.25, -0.2) is 0 Å². The first-order valence-corrected chi connectivity index (χ1v) is 10.5. The molecule has 2 aromatic rings. The Hall–Kier alpha value is -1.91. The van der Waals surface area contributed by atoms with Gasteiger partial charge in [-0.05, 0) is 21.8 Å². The standard InChI is InChI=1S/C21H26O3Si/c1-21(2,3)25(18-10-6-4-7-11-18,19-12-8-5-9-13-19)23-16-17-14-15-20(22)24-17/h4-13,17H,14-16H2,1-3H3/t17-/m0/s1/i14D,15D/t14-,15+,17-. The molecule has 0 aromatic heterocycles. The van der Waals surface area contributed by atoms with E-state index in [1.165, 1.54) is 0 Å². The van der Waals surface area contributed by atoms with Gasteiger partial charge in [0.25, 0.3) is 8.32 Å². The van der Waals surface area contributed by atoms with Crippen LogP contribution in [0.1, 0.15) is 36.3 Å². The van der Waals surface area contributed by atoms with Crippen molar-refractivity contribution in [1.82, 2.24) is 0 Å². The van der Waals surface area contributed by atoms with Crippen LogP contribution in [0.15, 0.2) is 60.7 Å². The monoisotopic (exact) mass is 356 g/mol. The van der Waals surface area contributed by atoms with Crippen LogP contribution in [-0.4, -0.2) is 27.0 Å². The lowest BCUT2D eigenvalue weighted by atomic mass is 10.2. The van der Waals surface area contributed by atoms with E-state index in [1.807, 2.05) is 36.4 Å². The maximum Gasteiger partial charge on any atom is 0.306 e. The Morgan fingerprint density at radius 2 is 1.60 bits per heavy atom. The topological polar surface area (TPSA) is 35.5 Å². The molecule has 1 saturated heterocycles. The van der Waals surface area contributed by atoms with Crippen LogP contribution in [0, 0.1) is 0 Å². The molecule has 1 fully saturated rings. The van der Waals surface area contributed by atoms with E-state index in [9.17, 15) is 4.79 Å². The Bertz CT molecular complexity index is 738. The van der Waals surface area contributed by atoms with E-state index in [2.05, 4.69) is 45.0 Å². The van der Waals surface area contributed by atoms with Crippen molar-refractivity contribution < 1.29 is 16.7 Å². The number of hydrogen-bond donors (Lipinski definition) is 0. The van der Waals surface area contributed by atoms with Crippen LogP contribution in [0.3, 0.4) is 0 Å². The molecular formula is C21H26O3Si. The fourth-order valence-corrected chi connectivity index (χ4v) is 8.04. The summed E-state index contributed by atoms with van der Waals surface area (Å²) in [7, 11) is -2.73. The maximum absolute atomic E-state index is 11.7. The second-order valence-electron chi connectivity index (χ2n) is 7.31. The van der Waals surface area contributed by atoms with Crippen molar-refractivity contribution in [3.63, 3.8) is 0 Å². The number of benzene rings is 2. The lowest BCUT2D eigenvalue weighted by Crippen LogP contribution is -2.67. The second kappa shape index (κ2) is 7.14. The molecule has 0 amide bonds. The molecule has 0 spiro atoms. The molecule has 0 unspecified atom stereocenters. The number of carbonyl (C=O) groups is 1. The minimum atomic E-state index is -2.73. The number of cyclic esters (lactones) is 1. The molecule has 0 N–H and O–H groups in total. The van der Waals surface area contributed by atoms with Gasteiger partial charge in [-0.1, -0.05) is 81.4 Å². The summed E-state index contributed by atoms with van der Waals surface area (Å²) >= 11 is 0. The van der Waals surface area contributed by atoms with Gasteiger partial charge < -0.3 is 9.16 Å². The smallest absolute Gasteiger partial charge is 0.306 e. The first kappa shape index (κ1) is 15.4. The number of carbonyl (C=O) groups excluding carboxylic acids is 1. The lowest BCUT2D eigenvalue weighted by molar-refractivity contribution is -0.142. The summed E-state index contributed by atoms with van der Waals surface area (Å²) in [5, 5.41) is 2.09. The highest BCUT2D eigenvalue weighted by molar-refractivity contribution is 6.99. The molecule has 1 heterocycles. The molecule has 1 aliphatic rings. The second-order valence-corrected chi connectivity index (χ2v) is 11.6. The van der Waals surface area contributed by atoms with E-state index in [0.29, 0.717) is 0 Å². The summed E-state index contributed by atoms with van der Waals surface area (Å²) in [4.78, 5) is 11.7. The summed E-state index contributed by atoms with van der Waals surface area (Å²) in [5.74, 6) is -0.633. The summed E-state index contributed by atoms with van der Waals surface area (Å²) in [5.41, 5.74) is 0. The summed E-state index contributed by atoms with van der Waals surface area (Å²) in [6.45, 7) is 6.64. The minimum Gasteiger partial charge on any atom is -0.460 e. The van der Waals surface area contributed by atoms with E-state index >= 15 is 0 Å². The van der Waals surface area contributed by atoms with Gasteiger partial charge in [0.05, 0.1) is 6.61 Å². The Labute approximate surface area is 153 Å². The molecular weight excluding hydrogens is 328 g/mol. The van der Waals surface area contributed by atoms with Crippen molar-refractivity contribution in [2.75, 3.05) is 6.61 Å². The molecule has 3 atom stereocenters. The molecule has 3 nitrogen and oxygen atoms in total. The Morgan fingerprint density at radius 1 is 1.08 bits per heavy atom. The molecule has 0 radical (unpaired) electrons. The SMILES string of the molecule is [2H][C@@H]1[C@@H](CO[Si](c2ccccc2)(c2ccccc2)C(C)(C)C)OC(=O)[C@@H]1[2H]. The van der Waals surface area contributed by atoms with E-state index in [1.54, 1.807) is 0 Å². The predicted molar refractivity (Wildman–Crippen MR) is 103 cm³/mol. The molecule has 25 heavy (non-hydrogen) atoms. The zero-order valence-electron chi connectivity index (χ0n) is 16.9. The van der Waals surface area contributed by atoms with Gasteiger partial charge in [-0.15, -0.1) is 0 Å². The first-order valence-electron chi connectivity index (χ1n) is 9.73. The van der Waals surface area contributed by atoms with Crippen LogP contribution in [0.5, 0.6) is 0 Å². The fraction of sp³-hybridized carbons (Fsp3) is 0.381. The van der Waals surface area contributed by atoms with E-state index in [4.69, 9.17) is 11.9 Å². The first-order chi connectivity index (χ1) is 12.8. The normalized spacial score (nSPS) is 25.2. The number of ether oxygens (including phenoxy) is 1. The highest BCUT2D eigenvalue weighted by Crippen LogP contribution is 2.37. The minimum absolute atomic E-state index is 0.128. The number of rotatable bonds is 5. The van der Waals surface area contributed by atoms with Crippen LogP contribution in [0.25, 0.3) is 0 Å². The van der Waals surface area contributed by atoms with E-state index in [-0.39, 0.29) is 11.6 Å². The van der Waals surface area contributed by atoms with E-state index < -0.39 is 33.2 Å². The molecule has 0 bridgehead atoms. The highest BCUT2D eigenvalue weighted by atomic mass is 28.4. The Balaban J connectivity index is 2.03. The van der Waals surface area contributed by atoms with Crippen molar-refractivity contribution in [3.05, 3.63) is 60.7 Å². The average Bonchev–Trinajstić information content (AvgIpc) is 2.90. The number of esters is 1. The maximum atomic E-state index is 11.7. The molecule has 1 aliphatic heterocycles. The Kier molecular flexibility index (Phi) is 4.38. The van der Waals surface area contributed by atoms with Gasteiger partial charge in [0.1, 0.15) is 6.10 Å². The van der Waals surface area contributed by atoms with Gasteiger partial charge >= 0.3 is 5.97 Å². The fourth-order valence-electron chi connectivity index (χ4n) is 3.47. The molecule has 0 saturated carbocycles. The third-order valence-corrected chi connectivity index (χ3v) is 9.60. The molecule has 0 aliphatic carbocycles. The van der Waals surface area contributed by atoms with Crippen molar-refractivity contribution in [2.24, 2.45) is 0 Å². The van der Waals surface area contributed by atoms with Crippen LogP contribution >= 0.6 is 0 Å². The van der Waals surface area contributed by atoms with Crippen molar-refractivity contribution >= 4 is 24.7 Å². The van der Waals surface area contributed by atoms with Gasteiger partial charge in [0, 0.05) is 9.14 Å². The van der Waals surface area contributed by atoms with Crippen LogP contribution in [0.4, 0.5) is 0 Å². The average molecular weight is 357 g/mol. The van der Waals surface area contributed by atoms with Gasteiger partial charge in [-0.2, -0.15) is 0 Å². The quantitative estimate of drug-likeness (QED) is 0.609. The Morgan fingerprint density at radius 3 is 2.00 bits per heavy atom. The third kappa shape index (κ3) is 3.55. The number of hydrogen-bond acceptors (Lipinski definition) is 3. The highest BCUT2D eigenvalue weighted by Gasteiger charge is 2.50. The third-order valence-electron chi connectivity index (χ3n) is 4.60. The zero-order valence-corrected chi connectivity index (χ0v) is 15.9. The van der Waals surface area contributed by atoms with Crippen LogP contribution in [0.2, 0.25) is 5.04 Å². The lowest BCUT2D eigenvalue weighted by Gasteiger charge is -2.43. The molecule has 132 valence electrons. The van der Waals surface area contributed by atoms with Crippen molar-refractivity contribution in [1.29, 1.82) is 0 Å². The largest absolute Gasteiger partial charge is 0.460 e. The van der Waals surface area contributed by atoms with Crippen molar-refractivity contribution in [2.45, 2.75) is 44.7 Å². The zero-order chi connectivity index (χ0) is 19.7. The summed E-state index contributed by atoms with van der Waals surface area (Å²) in [6, 6.07) is 20.4. The molecule has 2 aromatic carbocycles. The predicted octanol–water partition coefficient (Wildman–Crippen LogP) is 3.27. The summed E-state index contributed by atoms with van der Waals surface area (Å²) in [6.07, 6.45) is -2.78. The summed E-state index contributed by atoms with van der Waals surface area (Å²) < 4.78 is 27.8. The van der Waals surface area contributed by atoms with Crippen LogP contribution in [-0.2, 0) is 14.0 Å². The molecule has 3 rings (SSSR count). The van der Waals surface area contributed by atoms with Gasteiger partial charge in [-0.3, -0.25) is 4.79 Å². The van der Waals surface area contributed by atoms with E-state index in [0.717, 1.165) is 10.4 Å². The van der Waals surface area contributed by atoms with Crippen molar-refractivity contribution in [3.8, 4) is 0 Å². The molecule has 4 heteroatoms. The van der Waals surface area contributed by atoms with Crippen LogP contribution < -0.4 is 10.4 Å². The van der Waals surface area contributed by atoms with Gasteiger partial charge in [0.2, 0.25) is 0 Å². The van der Waals surface area contributed by atoms with Gasteiger partial charge in [0.15, 0.2) is 0 Å².